The summed E-state index contributed by atoms with van der Waals surface area (Å²) < 4.78 is 12.4. The monoisotopic (exact) mass is 355 g/mol. The zero-order valence-electron chi connectivity index (χ0n) is 13.8. The Hall–Kier alpha value is -0.580. The van der Waals surface area contributed by atoms with E-state index >= 15 is 0 Å². The van der Waals surface area contributed by atoms with Crippen molar-refractivity contribution in [2.45, 2.75) is 64.3 Å². The molecule has 21 heavy (non-hydrogen) atoms. The minimum Gasteiger partial charge on any atom is -0.496 e. The van der Waals surface area contributed by atoms with Crippen molar-refractivity contribution >= 4 is 15.9 Å². The van der Waals surface area contributed by atoms with Gasteiger partial charge in [0.15, 0.2) is 0 Å². The lowest BCUT2D eigenvalue weighted by molar-refractivity contribution is -0.0703. The van der Waals surface area contributed by atoms with Crippen molar-refractivity contribution < 1.29 is 9.47 Å². The fraction of sp³-hybridized carbons (Fsp3) is 0.647. The molecule has 3 nitrogen and oxygen atoms in total. The molecule has 1 aliphatic rings. The van der Waals surface area contributed by atoms with Crippen LogP contribution in [0.4, 0.5) is 0 Å². The lowest BCUT2D eigenvalue weighted by Gasteiger charge is -2.30. The molecule has 1 aromatic rings. The smallest absolute Gasteiger partial charge is 0.133 e. The minimum atomic E-state index is -0.151. The van der Waals surface area contributed by atoms with E-state index in [-0.39, 0.29) is 17.2 Å². The molecule has 1 fully saturated rings. The summed E-state index contributed by atoms with van der Waals surface area (Å²) in [7, 11) is 1.68. The molecule has 2 unspecified atom stereocenters. The highest BCUT2D eigenvalue weighted by Crippen LogP contribution is 2.38. The molecule has 1 aliphatic heterocycles. The lowest BCUT2D eigenvalue weighted by Crippen LogP contribution is -2.44. The van der Waals surface area contributed by atoms with Crippen molar-refractivity contribution in [1.82, 2.24) is 5.32 Å². The number of halogens is 1. The molecule has 0 aliphatic carbocycles. The highest BCUT2D eigenvalue weighted by atomic mass is 79.9. The fourth-order valence-corrected chi connectivity index (χ4v) is 3.73. The van der Waals surface area contributed by atoms with Gasteiger partial charge in [-0.25, -0.2) is 0 Å². The first-order chi connectivity index (χ1) is 9.64. The number of hydrogen-bond donors (Lipinski definition) is 1. The van der Waals surface area contributed by atoms with Gasteiger partial charge in [0.1, 0.15) is 5.75 Å². The Morgan fingerprint density at radius 2 is 2.00 bits per heavy atom. The number of benzene rings is 1. The van der Waals surface area contributed by atoms with Crippen LogP contribution in [0.15, 0.2) is 22.7 Å². The Kier molecular flexibility index (Phi) is 4.72. The van der Waals surface area contributed by atoms with Gasteiger partial charge in [-0.15, -0.1) is 0 Å². The highest BCUT2D eigenvalue weighted by molar-refractivity contribution is 9.10. The topological polar surface area (TPSA) is 30.5 Å². The van der Waals surface area contributed by atoms with E-state index in [1.54, 1.807) is 7.11 Å². The molecule has 1 saturated heterocycles. The van der Waals surface area contributed by atoms with E-state index in [1.165, 1.54) is 5.56 Å². The van der Waals surface area contributed by atoms with E-state index < -0.39 is 0 Å². The van der Waals surface area contributed by atoms with Gasteiger partial charge in [-0.2, -0.15) is 0 Å². The predicted octanol–water partition coefficient (Wildman–Crippen LogP) is 4.45. The summed E-state index contributed by atoms with van der Waals surface area (Å²) in [5.41, 5.74) is 1.02. The molecule has 4 heteroatoms. The van der Waals surface area contributed by atoms with E-state index in [4.69, 9.17) is 9.47 Å². The van der Waals surface area contributed by atoms with Gasteiger partial charge < -0.3 is 14.8 Å². The normalized spacial score (nSPS) is 24.8. The Bertz CT molecular complexity index is 514. The third-order valence-corrected chi connectivity index (χ3v) is 4.82. The molecule has 0 saturated carbocycles. The Morgan fingerprint density at radius 3 is 2.48 bits per heavy atom. The summed E-state index contributed by atoms with van der Waals surface area (Å²) in [6.07, 6.45) is 1.02. The lowest BCUT2D eigenvalue weighted by atomic mass is 9.93. The molecule has 2 rings (SSSR count). The van der Waals surface area contributed by atoms with Gasteiger partial charge in [0, 0.05) is 12.1 Å². The second-order valence-electron chi connectivity index (χ2n) is 7.00. The van der Waals surface area contributed by atoms with Crippen LogP contribution < -0.4 is 10.1 Å². The summed E-state index contributed by atoms with van der Waals surface area (Å²) in [5, 5.41) is 3.72. The zero-order valence-corrected chi connectivity index (χ0v) is 15.4. The largest absolute Gasteiger partial charge is 0.496 e. The zero-order chi connectivity index (χ0) is 15.8. The average Bonchev–Trinajstić information content (AvgIpc) is 2.56. The highest BCUT2D eigenvalue weighted by Gasteiger charge is 2.46. The summed E-state index contributed by atoms with van der Waals surface area (Å²) in [6.45, 7) is 10.8. The van der Waals surface area contributed by atoms with Gasteiger partial charge in [-0.05, 0) is 74.7 Å². The second-order valence-corrected chi connectivity index (χ2v) is 7.86. The van der Waals surface area contributed by atoms with E-state index in [2.05, 4.69) is 68.0 Å². The first kappa shape index (κ1) is 16.8. The first-order valence-electron chi connectivity index (χ1n) is 7.44. The maximum Gasteiger partial charge on any atom is 0.133 e. The summed E-state index contributed by atoms with van der Waals surface area (Å²) in [6, 6.07) is 6.81. The van der Waals surface area contributed by atoms with Gasteiger partial charge in [-0.3, -0.25) is 0 Å². The maximum absolute atomic E-state index is 6.15. The summed E-state index contributed by atoms with van der Waals surface area (Å²) in [5.74, 6) is 0.858. The molecule has 0 aromatic heterocycles. The van der Waals surface area contributed by atoms with Gasteiger partial charge in [-0.1, -0.05) is 6.07 Å². The fourth-order valence-electron chi connectivity index (χ4n) is 3.17. The van der Waals surface area contributed by atoms with Crippen LogP contribution in [0.2, 0.25) is 0 Å². The summed E-state index contributed by atoms with van der Waals surface area (Å²) >= 11 is 3.55. The molecule has 1 N–H and O–H groups in total. The molecule has 0 bridgehead atoms. The van der Waals surface area contributed by atoms with Crippen LogP contribution in [0, 0.1) is 0 Å². The van der Waals surface area contributed by atoms with Crippen molar-refractivity contribution in [3.63, 3.8) is 0 Å². The van der Waals surface area contributed by atoms with E-state index in [1.807, 2.05) is 6.07 Å². The SMILES string of the molecule is COc1ccc(C(C)NC2CC(C)(C)OC2(C)C)cc1Br. The maximum atomic E-state index is 6.15. The molecule has 118 valence electrons. The van der Waals surface area contributed by atoms with Crippen LogP contribution in [-0.2, 0) is 4.74 Å². The molecule has 1 heterocycles. The van der Waals surface area contributed by atoms with E-state index in [0.29, 0.717) is 6.04 Å². The van der Waals surface area contributed by atoms with Crippen molar-refractivity contribution in [3.05, 3.63) is 28.2 Å². The predicted molar refractivity (Wildman–Crippen MR) is 89.9 cm³/mol. The number of hydrogen-bond acceptors (Lipinski definition) is 3. The molecular formula is C17H26BrNO2. The van der Waals surface area contributed by atoms with Gasteiger partial charge in [0.25, 0.3) is 0 Å². The minimum absolute atomic E-state index is 0.0681. The van der Waals surface area contributed by atoms with Crippen LogP contribution in [0.25, 0.3) is 0 Å². The third-order valence-electron chi connectivity index (χ3n) is 4.20. The molecule has 0 radical (unpaired) electrons. The first-order valence-corrected chi connectivity index (χ1v) is 8.23. The van der Waals surface area contributed by atoms with E-state index in [9.17, 15) is 0 Å². The van der Waals surface area contributed by atoms with Crippen LogP contribution >= 0.6 is 15.9 Å². The van der Waals surface area contributed by atoms with Crippen molar-refractivity contribution in [2.75, 3.05) is 7.11 Å². The van der Waals surface area contributed by atoms with E-state index in [0.717, 1.165) is 16.6 Å². The molecule has 0 amide bonds. The van der Waals surface area contributed by atoms with Crippen LogP contribution in [0.1, 0.15) is 52.6 Å². The molecular weight excluding hydrogens is 330 g/mol. The number of nitrogens with one attached hydrogen (secondary N) is 1. The molecule has 1 aromatic carbocycles. The average molecular weight is 356 g/mol. The summed E-state index contributed by atoms with van der Waals surface area (Å²) in [4.78, 5) is 0. The molecule has 0 spiro atoms. The van der Waals surface area contributed by atoms with Gasteiger partial charge in [0.2, 0.25) is 0 Å². The number of methoxy groups -OCH3 is 1. The number of rotatable bonds is 4. The van der Waals surface area contributed by atoms with Crippen molar-refractivity contribution in [2.24, 2.45) is 0 Å². The second kappa shape index (κ2) is 5.90. The van der Waals surface area contributed by atoms with Gasteiger partial charge >= 0.3 is 0 Å². The van der Waals surface area contributed by atoms with Gasteiger partial charge in [0.05, 0.1) is 22.8 Å². The third kappa shape index (κ3) is 3.79. The van der Waals surface area contributed by atoms with Crippen molar-refractivity contribution in [3.8, 4) is 5.75 Å². The Balaban J connectivity index is 2.11. The quantitative estimate of drug-likeness (QED) is 0.864. The number of ether oxygens (including phenoxy) is 2. The standard InChI is InChI=1S/C17H26BrNO2/c1-11(12-7-8-14(20-6)13(18)9-12)19-15-10-16(2,3)21-17(15,4)5/h7-9,11,15,19H,10H2,1-6H3. The van der Waals surface area contributed by atoms with Crippen LogP contribution in [0.5, 0.6) is 5.75 Å². The van der Waals surface area contributed by atoms with Crippen LogP contribution in [0.3, 0.4) is 0 Å². The Labute approximate surface area is 136 Å². The Morgan fingerprint density at radius 1 is 1.33 bits per heavy atom. The van der Waals surface area contributed by atoms with Crippen molar-refractivity contribution in [1.29, 1.82) is 0 Å². The van der Waals surface area contributed by atoms with Crippen LogP contribution in [-0.4, -0.2) is 24.4 Å². The molecule has 2 atom stereocenters.